The van der Waals surface area contributed by atoms with Crippen LogP contribution in [0.25, 0.3) is 0 Å². The summed E-state index contributed by atoms with van der Waals surface area (Å²) >= 11 is 0. The van der Waals surface area contributed by atoms with Gasteiger partial charge in [0.05, 0.1) is 6.54 Å². The van der Waals surface area contributed by atoms with Gasteiger partial charge in [-0.25, -0.2) is 0 Å². The molecule has 1 fully saturated rings. The van der Waals surface area contributed by atoms with Crippen LogP contribution in [0.1, 0.15) is 84.0 Å². The van der Waals surface area contributed by atoms with Crippen LogP contribution in [0, 0.1) is 0 Å². The molecule has 1 aliphatic carbocycles. The Kier molecular flexibility index (Phi) is 10.7. The zero-order valence-corrected chi connectivity index (χ0v) is 13.4. The molecule has 0 aromatic heterocycles. The van der Waals surface area contributed by atoms with Crippen molar-refractivity contribution in [2.45, 2.75) is 90.0 Å². The summed E-state index contributed by atoms with van der Waals surface area (Å²) in [6.07, 6.45) is 15.4. The molecule has 0 atom stereocenters. The number of hydrogen-bond acceptors (Lipinski definition) is 2. The van der Waals surface area contributed by atoms with Crippen LogP contribution in [0.5, 0.6) is 0 Å². The van der Waals surface area contributed by atoms with Crippen LogP contribution in [-0.2, 0) is 4.79 Å². The van der Waals surface area contributed by atoms with E-state index in [1.54, 1.807) is 0 Å². The SMILES string of the molecule is CCCCCCCCNCC(=O)NC1CCCCCC1. The van der Waals surface area contributed by atoms with E-state index >= 15 is 0 Å². The maximum atomic E-state index is 11.8. The average molecular weight is 282 g/mol. The molecule has 0 radical (unpaired) electrons. The Hall–Kier alpha value is -0.570. The van der Waals surface area contributed by atoms with Gasteiger partial charge in [0.2, 0.25) is 5.91 Å². The summed E-state index contributed by atoms with van der Waals surface area (Å²) < 4.78 is 0. The first-order valence-electron chi connectivity index (χ1n) is 8.83. The molecule has 3 heteroatoms. The highest BCUT2D eigenvalue weighted by molar-refractivity contribution is 5.78. The predicted octanol–water partition coefficient (Wildman–Crippen LogP) is 3.78. The van der Waals surface area contributed by atoms with Crippen molar-refractivity contribution in [1.82, 2.24) is 10.6 Å². The summed E-state index contributed by atoms with van der Waals surface area (Å²) in [5, 5.41) is 6.45. The highest BCUT2D eigenvalue weighted by Gasteiger charge is 2.13. The molecule has 118 valence electrons. The van der Waals surface area contributed by atoms with Crippen molar-refractivity contribution in [2.24, 2.45) is 0 Å². The second-order valence-corrected chi connectivity index (χ2v) is 6.20. The smallest absolute Gasteiger partial charge is 0.234 e. The number of amides is 1. The Labute approximate surface area is 125 Å². The molecule has 0 aliphatic heterocycles. The molecule has 1 amide bonds. The third kappa shape index (κ3) is 9.35. The monoisotopic (exact) mass is 282 g/mol. The van der Waals surface area contributed by atoms with E-state index in [1.807, 2.05) is 0 Å². The third-order valence-electron chi connectivity index (χ3n) is 4.21. The Morgan fingerprint density at radius 2 is 1.60 bits per heavy atom. The van der Waals surface area contributed by atoms with Crippen LogP contribution in [0.15, 0.2) is 0 Å². The van der Waals surface area contributed by atoms with Crippen molar-refractivity contribution in [3.8, 4) is 0 Å². The zero-order chi connectivity index (χ0) is 14.5. The van der Waals surface area contributed by atoms with E-state index in [4.69, 9.17) is 0 Å². The third-order valence-corrected chi connectivity index (χ3v) is 4.21. The lowest BCUT2D eigenvalue weighted by atomic mass is 10.1. The van der Waals surface area contributed by atoms with Gasteiger partial charge < -0.3 is 10.6 Å². The van der Waals surface area contributed by atoms with Gasteiger partial charge in [0.1, 0.15) is 0 Å². The molecular formula is C17H34N2O. The molecule has 0 saturated heterocycles. The van der Waals surface area contributed by atoms with E-state index in [0.29, 0.717) is 12.6 Å². The predicted molar refractivity (Wildman–Crippen MR) is 85.9 cm³/mol. The zero-order valence-electron chi connectivity index (χ0n) is 13.4. The van der Waals surface area contributed by atoms with Crippen LogP contribution < -0.4 is 10.6 Å². The molecule has 0 aromatic carbocycles. The Morgan fingerprint density at radius 3 is 2.30 bits per heavy atom. The van der Waals surface area contributed by atoms with E-state index in [9.17, 15) is 4.79 Å². The van der Waals surface area contributed by atoms with Gasteiger partial charge >= 0.3 is 0 Å². The maximum Gasteiger partial charge on any atom is 0.234 e. The topological polar surface area (TPSA) is 41.1 Å². The lowest BCUT2D eigenvalue weighted by molar-refractivity contribution is -0.121. The van der Waals surface area contributed by atoms with E-state index < -0.39 is 0 Å². The first-order chi connectivity index (χ1) is 9.83. The van der Waals surface area contributed by atoms with Crippen LogP contribution in [0.4, 0.5) is 0 Å². The Bertz CT molecular complexity index is 235. The maximum absolute atomic E-state index is 11.8. The van der Waals surface area contributed by atoms with Crippen molar-refractivity contribution < 1.29 is 4.79 Å². The fraction of sp³-hybridized carbons (Fsp3) is 0.941. The summed E-state index contributed by atoms with van der Waals surface area (Å²) in [5.41, 5.74) is 0. The van der Waals surface area contributed by atoms with Gasteiger partial charge in [0.25, 0.3) is 0 Å². The summed E-state index contributed by atoms with van der Waals surface area (Å²) in [6, 6.07) is 0.431. The largest absolute Gasteiger partial charge is 0.352 e. The number of hydrogen-bond donors (Lipinski definition) is 2. The van der Waals surface area contributed by atoms with Crippen molar-refractivity contribution in [3.63, 3.8) is 0 Å². The molecule has 1 aliphatic rings. The van der Waals surface area contributed by atoms with Crippen LogP contribution in [0.3, 0.4) is 0 Å². The molecule has 20 heavy (non-hydrogen) atoms. The molecule has 3 nitrogen and oxygen atoms in total. The van der Waals surface area contributed by atoms with Gasteiger partial charge in [-0.2, -0.15) is 0 Å². The number of carbonyl (C=O) groups excluding carboxylic acids is 1. The van der Waals surface area contributed by atoms with E-state index in [1.165, 1.54) is 77.0 Å². The van der Waals surface area contributed by atoms with Crippen molar-refractivity contribution in [1.29, 1.82) is 0 Å². The van der Waals surface area contributed by atoms with Gasteiger partial charge in [-0.3, -0.25) is 4.79 Å². The molecule has 0 heterocycles. The fourth-order valence-corrected chi connectivity index (χ4v) is 2.93. The van der Waals surface area contributed by atoms with Gasteiger partial charge in [-0.1, -0.05) is 64.7 Å². The average Bonchev–Trinajstić information content (AvgIpc) is 2.70. The molecule has 1 rings (SSSR count). The normalized spacial score (nSPS) is 16.9. The number of nitrogens with one attached hydrogen (secondary N) is 2. The van der Waals surface area contributed by atoms with Crippen molar-refractivity contribution in [2.75, 3.05) is 13.1 Å². The molecular weight excluding hydrogens is 248 g/mol. The van der Waals surface area contributed by atoms with Crippen LogP contribution in [-0.4, -0.2) is 25.0 Å². The highest BCUT2D eigenvalue weighted by Crippen LogP contribution is 2.16. The van der Waals surface area contributed by atoms with Crippen LogP contribution in [0.2, 0.25) is 0 Å². The van der Waals surface area contributed by atoms with Gasteiger partial charge in [0.15, 0.2) is 0 Å². The molecule has 2 N–H and O–H groups in total. The Morgan fingerprint density at radius 1 is 0.950 bits per heavy atom. The summed E-state index contributed by atoms with van der Waals surface area (Å²) in [4.78, 5) is 11.8. The van der Waals surface area contributed by atoms with Crippen molar-refractivity contribution in [3.05, 3.63) is 0 Å². The van der Waals surface area contributed by atoms with E-state index in [2.05, 4.69) is 17.6 Å². The van der Waals surface area contributed by atoms with Gasteiger partial charge in [0, 0.05) is 6.04 Å². The molecule has 0 aromatic rings. The minimum absolute atomic E-state index is 0.183. The minimum atomic E-state index is 0.183. The number of unbranched alkanes of at least 4 members (excludes halogenated alkanes) is 5. The van der Waals surface area contributed by atoms with Crippen LogP contribution >= 0.6 is 0 Å². The summed E-state index contributed by atoms with van der Waals surface area (Å²) in [5.74, 6) is 0.183. The highest BCUT2D eigenvalue weighted by atomic mass is 16.1. The Balaban J connectivity index is 1.91. The molecule has 1 saturated carbocycles. The quantitative estimate of drug-likeness (QED) is 0.473. The number of carbonyl (C=O) groups is 1. The summed E-state index contributed by atoms with van der Waals surface area (Å²) in [6.45, 7) is 3.71. The van der Waals surface area contributed by atoms with E-state index in [0.717, 1.165) is 6.54 Å². The first kappa shape index (κ1) is 17.5. The summed E-state index contributed by atoms with van der Waals surface area (Å²) in [7, 11) is 0. The fourth-order valence-electron chi connectivity index (χ4n) is 2.93. The molecule has 0 unspecified atom stereocenters. The molecule has 0 spiro atoms. The lowest BCUT2D eigenvalue weighted by Crippen LogP contribution is -2.40. The van der Waals surface area contributed by atoms with E-state index in [-0.39, 0.29) is 5.91 Å². The number of rotatable bonds is 10. The van der Waals surface area contributed by atoms with Gasteiger partial charge in [-0.05, 0) is 25.8 Å². The standard InChI is InChI=1S/C17H34N2O/c1-2-3-4-5-8-11-14-18-15-17(20)19-16-12-9-6-7-10-13-16/h16,18H,2-15H2,1H3,(H,19,20). The second kappa shape index (κ2) is 12.2. The first-order valence-corrected chi connectivity index (χ1v) is 8.83. The van der Waals surface area contributed by atoms with Crippen molar-refractivity contribution >= 4 is 5.91 Å². The van der Waals surface area contributed by atoms with Gasteiger partial charge in [-0.15, -0.1) is 0 Å². The molecule has 0 bridgehead atoms. The lowest BCUT2D eigenvalue weighted by Gasteiger charge is -2.16. The minimum Gasteiger partial charge on any atom is -0.352 e. The second-order valence-electron chi connectivity index (χ2n) is 6.20.